The van der Waals surface area contributed by atoms with Crippen LogP contribution in [0.25, 0.3) is 0 Å². The standard InChI is InChI=1S/C14H21ClN2O2/c1-9(16)8-11-12(15)6-5-7-13(11)19-10(2)14(18)17(3)4/h5-7,9-10H,8,16H2,1-4H3. The molecule has 2 atom stereocenters. The van der Waals surface area contributed by atoms with Gasteiger partial charge in [0.1, 0.15) is 5.75 Å². The van der Waals surface area contributed by atoms with Crippen molar-refractivity contribution in [2.75, 3.05) is 14.1 Å². The summed E-state index contributed by atoms with van der Waals surface area (Å²) >= 11 is 6.17. The highest BCUT2D eigenvalue weighted by Gasteiger charge is 2.19. The molecule has 0 radical (unpaired) electrons. The Kier molecular flexibility index (Phi) is 5.63. The lowest BCUT2D eigenvalue weighted by molar-refractivity contribution is -0.135. The molecule has 2 N–H and O–H groups in total. The number of amides is 1. The number of likely N-dealkylation sites (N-methyl/N-ethyl adjacent to an activating group) is 1. The highest BCUT2D eigenvalue weighted by molar-refractivity contribution is 6.31. The first kappa shape index (κ1) is 15.8. The van der Waals surface area contributed by atoms with Gasteiger partial charge in [0.15, 0.2) is 6.10 Å². The van der Waals surface area contributed by atoms with Gasteiger partial charge in [0.05, 0.1) is 0 Å². The van der Waals surface area contributed by atoms with Crippen LogP contribution >= 0.6 is 11.6 Å². The Morgan fingerprint density at radius 3 is 2.58 bits per heavy atom. The SMILES string of the molecule is CC(N)Cc1c(Cl)cccc1OC(C)C(=O)N(C)C. The molecule has 1 aromatic carbocycles. The molecule has 1 amide bonds. The molecular formula is C14H21ClN2O2. The predicted octanol–water partition coefficient (Wildman–Crippen LogP) is 2.09. The number of carbonyl (C=O) groups is 1. The molecule has 106 valence electrons. The maximum absolute atomic E-state index is 11.8. The van der Waals surface area contributed by atoms with E-state index in [1.165, 1.54) is 4.90 Å². The van der Waals surface area contributed by atoms with Crippen molar-refractivity contribution in [1.82, 2.24) is 4.90 Å². The van der Waals surface area contributed by atoms with E-state index in [0.717, 1.165) is 5.56 Å². The number of hydrogen-bond donors (Lipinski definition) is 1. The molecule has 1 rings (SSSR count). The fraction of sp³-hybridized carbons (Fsp3) is 0.500. The molecule has 0 bridgehead atoms. The first-order valence-electron chi connectivity index (χ1n) is 6.23. The first-order valence-corrected chi connectivity index (χ1v) is 6.61. The monoisotopic (exact) mass is 284 g/mol. The fourth-order valence-corrected chi connectivity index (χ4v) is 2.02. The van der Waals surface area contributed by atoms with Crippen molar-refractivity contribution in [3.05, 3.63) is 28.8 Å². The molecule has 0 aliphatic carbocycles. The quantitative estimate of drug-likeness (QED) is 0.901. The summed E-state index contributed by atoms with van der Waals surface area (Å²) in [6.07, 6.45) is 0.0537. The van der Waals surface area contributed by atoms with E-state index in [1.54, 1.807) is 33.2 Å². The zero-order valence-corrected chi connectivity index (χ0v) is 12.6. The van der Waals surface area contributed by atoms with Crippen molar-refractivity contribution in [2.24, 2.45) is 5.73 Å². The number of halogens is 1. The smallest absolute Gasteiger partial charge is 0.262 e. The normalized spacial score (nSPS) is 13.8. The van der Waals surface area contributed by atoms with Crippen molar-refractivity contribution >= 4 is 17.5 Å². The van der Waals surface area contributed by atoms with Crippen LogP contribution in [0.15, 0.2) is 18.2 Å². The topological polar surface area (TPSA) is 55.6 Å². The van der Waals surface area contributed by atoms with Crippen molar-refractivity contribution < 1.29 is 9.53 Å². The number of nitrogens with zero attached hydrogens (tertiary/aromatic N) is 1. The number of hydrogen-bond acceptors (Lipinski definition) is 3. The van der Waals surface area contributed by atoms with Crippen molar-refractivity contribution in [1.29, 1.82) is 0 Å². The molecule has 0 aliphatic heterocycles. The summed E-state index contributed by atoms with van der Waals surface area (Å²) in [5.41, 5.74) is 6.66. The molecule has 2 unspecified atom stereocenters. The zero-order valence-electron chi connectivity index (χ0n) is 11.8. The predicted molar refractivity (Wildman–Crippen MR) is 77.6 cm³/mol. The van der Waals surface area contributed by atoms with Gasteiger partial charge in [-0.15, -0.1) is 0 Å². The summed E-state index contributed by atoms with van der Waals surface area (Å²) in [7, 11) is 3.39. The first-order chi connectivity index (χ1) is 8.82. The molecule has 0 saturated heterocycles. The number of carbonyl (C=O) groups excluding carboxylic acids is 1. The van der Waals surface area contributed by atoms with Gasteiger partial charge < -0.3 is 15.4 Å². The van der Waals surface area contributed by atoms with Crippen molar-refractivity contribution in [2.45, 2.75) is 32.4 Å². The van der Waals surface area contributed by atoms with Crippen molar-refractivity contribution in [3.8, 4) is 5.75 Å². The average Bonchev–Trinajstić information content (AvgIpc) is 2.32. The van der Waals surface area contributed by atoms with Gasteiger partial charge in [0.2, 0.25) is 0 Å². The molecule has 0 spiro atoms. The fourth-order valence-electron chi connectivity index (χ4n) is 1.77. The minimum atomic E-state index is -0.555. The summed E-state index contributed by atoms with van der Waals surface area (Å²) in [5.74, 6) is 0.527. The largest absolute Gasteiger partial charge is 0.481 e. The summed E-state index contributed by atoms with van der Waals surface area (Å²) in [6.45, 7) is 3.63. The number of nitrogens with two attached hydrogens (primary N) is 1. The van der Waals surface area contributed by atoms with E-state index >= 15 is 0 Å². The van der Waals surface area contributed by atoms with Crippen LogP contribution in [0.1, 0.15) is 19.4 Å². The summed E-state index contributed by atoms with van der Waals surface area (Å²) < 4.78 is 5.72. The van der Waals surface area contributed by atoms with Crippen LogP contribution in [0.3, 0.4) is 0 Å². The molecule has 0 heterocycles. The van der Waals surface area contributed by atoms with Crippen LogP contribution in [0.2, 0.25) is 5.02 Å². The molecule has 1 aromatic rings. The van der Waals surface area contributed by atoms with E-state index in [2.05, 4.69) is 0 Å². The number of ether oxygens (including phenoxy) is 1. The summed E-state index contributed by atoms with van der Waals surface area (Å²) in [4.78, 5) is 13.3. The summed E-state index contributed by atoms with van der Waals surface area (Å²) in [5, 5.41) is 0.610. The van der Waals surface area contributed by atoms with Crippen LogP contribution < -0.4 is 10.5 Å². The summed E-state index contributed by atoms with van der Waals surface area (Å²) in [6, 6.07) is 5.38. The minimum absolute atomic E-state index is 0.0258. The Labute approximate surface area is 119 Å². The Morgan fingerprint density at radius 2 is 2.05 bits per heavy atom. The number of benzene rings is 1. The van der Waals surface area contributed by atoms with E-state index in [9.17, 15) is 4.79 Å². The van der Waals surface area contributed by atoms with Crippen LogP contribution in [0.5, 0.6) is 5.75 Å². The molecule has 0 saturated carbocycles. The molecule has 5 heteroatoms. The second-order valence-electron chi connectivity index (χ2n) is 4.89. The van der Waals surface area contributed by atoms with Gasteiger partial charge in [-0.05, 0) is 32.4 Å². The van der Waals surface area contributed by atoms with Crippen LogP contribution in [-0.4, -0.2) is 37.0 Å². The maximum Gasteiger partial charge on any atom is 0.262 e. The van der Waals surface area contributed by atoms with Crippen molar-refractivity contribution in [3.63, 3.8) is 0 Å². The van der Waals surface area contributed by atoms with E-state index in [-0.39, 0.29) is 11.9 Å². The van der Waals surface area contributed by atoms with E-state index < -0.39 is 6.10 Å². The van der Waals surface area contributed by atoms with Crippen LogP contribution in [0.4, 0.5) is 0 Å². The molecule has 0 fully saturated rings. The third-order valence-corrected chi connectivity index (χ3v) is 3.05. The molecule has 0 aromatic heterocycles. The molecule has 19 heavy (non-hydrogen) atoms. The second-order valence-corrected chi connectivity index (χ2v) is 5.30. The average molecular weight is 285 g/mol. The lowest BCUT2D eigenvalue weighted by atomic mass is 10.1. The third-order valence-electron chi connectivity index (χ3n) is 2.69. The zero-order chi connectivity index (χ0) is 14.6. The number of rotatable bonds is 5. The van der Waals surface area contributed by atoms with Gasteiger partial charge in [-0.2, -0.15) is 0 Å². The maximum atomic E-state index is 11.8. The van der Waals surface area contributed by atoms with Crippen LogP contribution in [-0.2, 0) is 11.2 Å². The third kappa shape index (κ3) is 4.40. The molecule has 4 nitrogen and oxygen atoms in total. The lowest BCUT2D eigenvalue weighted by Crippen LogP contribution is -2.35. The van der Waals surface area contributed by atoms with E-state index in [4.69, 9.17) is 22.1 Å². The molecule has 0 aliphatic rings. The van der Waals surface area contributed by atoms with E-state index in [1.807, 2.05) is 13.0 Å². The van der Waals surface area contributed by atoms with E-state index in [0.29, 0.717) is 17.2 Å². The van der Waals surface area contributed by atoms with Gasteiger partial charge in [0, 0.05) is 30.7 Å². The molecular weight excluding hydrogens is 264 g/mol. The highest BCUT2D eigenvalue weighted by atomic mass is 35.5. The van der Waals surface area contributed by atoms with Crippen LogP contribution in [0, 0.1) is 0 Å². The minimum Gasteiger partial charge on any atom is -0.481 e. The lowest BCUT2D eigenvalue weighted by Gasteiger charge is -2.21. The van der Waals surface area contributed by atoms with Gasteiger partial charge in [0.25, 0.3) is 5.91 Å². The Balaban J connectivity index is 2.94. The second kappa shape index (κ2) is 6.78. The Bertz CT molecular complexity index is 447. The Morgan fingerprint density at radius 1 is 1.42 bits per heavy atom. The van der Waals surface area contributed by atoms with Gasteiger partial charge in [-0.25, -0.2) is 0 Å². The van der Waals surface area contributed by atoms with Gasteiger partial charge in [-0.3, -0.25) is 4.79 Å². The van der Waals surface area contributed by atoms with Gasteiger partial charge >= 0.3 is 0 Å². The Hall–Kier alpha value is -1.26. The van der Waals surface area contributed by atoms with Gasteiger partial charge in [-0.1, -0.05) is 17.7 Å². The highest BCUT2D eigenvalue weighted by Crippen LogP contribution is 2.28.